The summed E-state index contributed by atoms with van der Waals surface area (Å²) in [7, 11) is -4.04. The molecule has 1 aromatic heterocycles. The number of aromatic nitrogens is 1. The topological polar surface area (TPSA) is 130 Å². The summed E-state index contributed by atoms with van der Waals surface area (Å²) in [6.07, 6.45) is -3.28. The Bertz CT molecular complexity index is 1250. The summed E-state index contributed by atoms with van der Waals surface area (Å²) in [5.74, 6) is -1.08. The molecule has 0 aliphatic carbocycles. The quantitative estimate of drug-likeness (QED) is 0.474. The first kappa shape index (κ1) is 23.8. The van der Waals surface area contributed by atoms with Gasteiger partial charge in [-0.05, 0) is 55.5 Å². The number of nitrogens with zero attached hydrogens (tertiary/aromatic N) is 1. The van der Waals surface area contributed by atoms with Crippen molar-refractivity contribution >= 4 is 33.2 Å². The van der Waals surface area contributed by atoms with Crippen molar-refractivity contribution in [2.24, 2.45) is 0 Å². The van der Waals surface area contributed by atoms with Crippen LogP contribution in [0, 0.1) is 6.92 Å². The summed E-state index contributed by atoms with van der Waals surface area (Å²) in [6, 6.07) is 10.2. The zero-order valence-electron chi connectivity index (χ0n) is 16.9. The molecule has 2 aromatic carbocycles. The summed E-state index contributed by atoms with van der Waals surface area (Å²) < 4.78 is 68.8. The average Bonchev–Trinajstić information content (AvgIpc) is 3.19. The molecule has 0 bridgehead atoms. The average molecular weight is 482 g/mol. The van der Waals surface area contributed by atoms with E-state index in [0.29, 0.717) is 11.4 Å². The summed E-state index contributed by atoms with van der Waals surface area (Å²) in [4.78, 5) is 23.7. The van der Waals surface area contributed by atoms with E-state index in [0.717, 1.165) is 24.3 Å². The standard InChI is InChI=1S/C20H17F3N4O5S/c1-12-17(10-25-32-12)19(29)26-14-4-6-15(7-5-14)27-33(30,31)16-8-2-13(3-9-16)18(28)24-11-20(21,22)23/h2-10,27H,11H2,1H3,(H,24,28)(H,26,29). The van der Waals surface area contributed by atoms with Gasteiger partial charge in [-0.1, -0.05) is 5.16 Å². The van der Waals surface area contributed by atoms with Crippen LogP contribution in [0.2, 0.25) is 0 Å². The number of amides is 2. The van der Waals surface area contributed by atoms with E-state index in [9.17, 15) is 31.2 Å². The van der Waals surface area contributed by atoms with Gasteiger partial charge in [-0.15, -0.1) is 0 Å². The molecular weight excluding hydrogens is 465 g/mol. The number of halogens is 3. The molecule has 13 heteroatoms. The second-order valence-corrected chi connectivity index (χ2v) is 8.44. The van der Waals surface area contributed by atoms with Crippen molar-refractivity contribution in [2.75, 3.05) is 16.6 Å². The molecule has 0 spiro atoms. The zero-order valence-corrected chi connectivity index (χ0v) is 17.8. The Kier molecular flexibility index (Phi) is 6.72. The van der Waals surface area contributed by atoms with E-state index < -0.39 is 34.6 Å². The Balaban J connectivity index is 1.63. The lowest BCUT2D eigenvalue weighted by Gasteiger charge is -2.11. The zero-order chi connectivity index (χ0) is 24.2. The highest BCUT2D eigenvalue weighted by molar-refractivity contribution is 7.92. The number of nitrogens with one attached hydrogen (secondary N) is 3. The molecule has 174 valence electrons. The van der Waals surface area contributed by atoms with Gasteiger partial charge in [0.05, 0.1) is 11.1 Å². The molecular formula is C20H17F3N4O5S. The molecule has 33 heavy (non-hydrogen) atoms. The van der Waals surface area contributed by atoms with Crippen LogP contribution in [-0.4, -0.2) is 38.1 Å². The number of hydrogen-bond acceptors (Lipinski definition) is 6. The smallest absolute Gasteiger partial charge is 0.361 e. The van der Waals surface area contributed by atoms with Gasteiger partial charge in [0.25, 0.3) is 21.8 Å². The van der Waals surface area contributed by atoms with Crippen molar-refractivity contribution < 1.29 is 35.7 Å². The second-order valence-electron chi connectivity index (χ2n) is 6.75. The Morgan fingerprint density at radius 1 is 0.970 bits per heavy atom. The van der Waals surface area contributed by atoms with Gasteiger partial charge in [-0.3, -0.25) is 14.3 Å². The fourth-order valence-corrected chi connectivity index (χ4v) is 3.68. The van der Waals surface area contributed by atoms with Crippen LogP contribution >= 0.6 is 0 Å². The third kappa shape index (κ3) is 6.32. The molecule has 0 atom stereocenters. The summed E-state index contributed by atoms with van der Waals surface area (Å²) in [5, 5.41) is 7.84. The minimum Gasteiger partial charge on any atom is -0.361 e. The molecule has 0 radical (unpaired) electrons. The summed E-state index contributed by atoms with van der Waals surface area (Å²) in [5.41, 5.74) is 0.732. The minimum atomic E-state index is -4.56. The van der Waals surface area contributed by atoms with Crippen molar-refractivity contribution in [3.8, 4) is 0 Å². The highest BCUT2D eigenvalue weighted by atomic mass is 32.2. The Morgan fingerprint density at radius 3 is 2.12 bits per heavy atom. The minimum absolute atomic E-state index is 0.124. The molecule has 0 unspecified atom stereocenters. The van der Waals surface area contributed by atoms with Crippen molar-refractivity contribution in [2.45, 2.75) is 18.0 Å². The first-order chi connectivity index (χ1) is 15.4. The molecule has 9 nitrogen and oxygen atoms in total. The third-order valence-electron chi connectivity index (χ3n) is 4.27. The molecule has 1 heterocycles. The fraction of sp³-hybridized carbons (Fsp3) is 0.150. The van der Waals surface area contributed by atoms with Gasteiger partial charge in [0.2, 0.25) is 0 Å². The van der Waals surface area contributed by atoms with Gasteiger partial charge in [0.15, 0.2) is 0 Å². The van der Waals surface area contributed by atoms with E-state index in [1.54, 1.807) is 12.2 Å². The molecule has 0 saturated carbocycles. The van der Waals surface area contributed by atoms with E-state index in [-0.39, 0.29) is 21.7 Å². The molecule has 0 saturated heterocycles. The van der Waals surface area contributed by atoms with E-state index >= 15 is 0 Å². The Labute approximate surface area is 186 Å². The number of benzene rings is 2. The maximum atomic E-state index is 12.5. The molecule has 0 fully saturated rings. The number of rotatable bonds is 7. The number of aryl methyl sites for hydroxylation is 1. The first-order valence-corrected chi connectivity index (χ1v) is 10.7. The van der Waals surface area contributed by atoms with Gasteiger partial charge in [0, 0.05) is 16.9 Å². The van der Waals surface area contributed by atoms with E-state index in [1.807, 2.05) is 0 Å². The van der Waals surface area contributed by atoms with Crippen LogP contribution in [0.1, 0.15) is 26.5 Å². The number of hydrogen-bond donors (Lipinski definition) is 3. The fourth-order valence-electron chi connectivity index (χ4n) is 2.62. The molecule has 2 amide bonds. The second kappa shape index (κ2) is 9.32. The highest BCUT2D eigenvalue weighted by Gasteiger charge is 2.28. The predicted octanol–water partition coefficient (Wildman–Crippen LogP) is 3.33. The van der Waals surface area contributed by atoms with Gasteiger partial charge in [0.1, 0.15) is 17.9 Å². The van der Waals surface area contributed by atoms with E-state index in [2.05, 4.69) is 15.2 Å². The normalized spacial score (nSPS) is 11.6. The monoisotopic (exact) mass is 482 g/mol. The van der Waals surface area contributed by atoms with Crippen LogP contribution in [0.3, 0.4) is 0 Å². The van der Waals surface area contributed by atoms with Gasteiger partial charge >= 0.3 is 6.18 Å². The Hall–Kier alpha value is -3.87. The van der Waals surface area contributed by atoms with Crippen LogP contribution in [0.15, 0.2) is 64.1 Å². The molecule has 3 aromatic rings. The maximum absolute atomic E-state index is 12.5. The number of alkyl halides is 3. The first-order valence-electron chi connectivity index (χ1n) is 9.25. The van der Waals surface area contributed by atoms with Crippen molar-refractivity contribution in [1.82, 2.24) is 10.5 Å². The summed E-state index contributed by atoms with van der Waals surface area (Å²) in [6.45, 7) is 0.0871. The van der Waals surface area contributed by atoms with Crippen molar-refractivity contribution in [3.63, 3.8) is 0 Å². The number of carbonyl (C=O) groups excluding carboxylic acids is 2. The van der Waals surface area contributed by atoms with Crippen LogP contribution in [0.5, 0.6) is 0 Å². The van der Waals surface area contributed by atoms with Crippen LogP contribution < -0.4 is 15.4 Å². The van der Waals surface area contributed by atoms with Crippen molar-refractivity contribution in [3.05, 3.63) is 71.6 Å². The Morgan fingerprint density at radius 2 is 1.58 bits per heavy atom. The van der Waals surface area contributed by atoms with E-state index in [1.165, 1.54) is 30.5 Å². The highest BCUT2D eigenvalue weighted by Crippen LogP contribution is 2.20. The molecule has 0 aliphatic heterocycles. The largest absolute Gasteiger partial charge is 0.405 e. The molecule has 0 aliphatic rings. The predicted molar refractivity (Wildman–Crippen MR) is 111 cm³/mol. The number of sulfonamides is 1. The summed E-state index contributed by atoms with van der Waals surface area (Å²) >= 11 is 0. The molecule has 3 rings (SSSR count). The lowest BCUT2D eigenvalue weighted by molar-refractivity contribution is -0.123. The lowest BCUT2D eigenvalue weighted by Crippen LogP contribution is -2.33. The number of carbonyl (C=O) groups is 2. The molecule has 3 N–H and O–H groups in total. The van der Waals surface area contributed by atoms with Crippen LogP contribution in [0.25, 0.3) is 0 Å². The van der Waals surface area contributed by atoms with Gasteiger partial charge in [-0.2, -0.15) is 13.2 Å². The number of anilines is 2. The maximum Gasteiger partial charge on any atom is 0.405 e. The van der Waals surface area contributed by atoms with Crippen molar-refractivity contribution in [1.29, 1.82) is 0 Å². The van der Waals surface area contributed by atoms with Crippen LogP contribution in [0.4, 0.5) is 24.5 Å². The van der Waals surface area contributed by atoms with Gasteiger partial charge < -0.3 is 15.2 Å². The van der Waals surface area contributed by atoms with Crippen LogP contribution in [-0.2, 0) is 10.0 Å². The SMILES string of the molecule is Cc1oncc1C(=O)Nc1ccc(NS(=O)(=O)c2ccc(C(=O)NCC(F)(F)F)cc2)cc1. The lowest BCUT2D eigenvalue weighted by atomic mass is 10.2. The van der Waals surface area contributed by atoms with E-state index in [4.69, 9.17) is 4.52 Å². The third-order valence-corrected chi connectivity index (χ3v) is 5.66. The van der Waals surface area contributed by atoms with Gasteiger partial charge in [-0.25, -0.2) is 8.42 Å².